The van der Waals surface area contributed by atoms with Gasteiger partial charge >= 0.3 is 5.97 Å². The number of carbonyl (C=O) groups excluding carboxylic acids is 3. The summed E-state index contributed by atoms with van der Waals surface area (Å²) in [7, 11) is 0. The van der Waals surface area contributed by atoms with E-state index in [4.69, 9.17) is 24.7 Å². The van der Waals surface area contributed by atoms with Crippen molar-refractivity contribution in [1.82, 2.24) is 10.2 Å². The molecule has 0 aromatic heterocycles. The predicted octanol–water partition coefficient (Wildman–Crippen LogP) is 0.888. The van der Waals surface area contributed by atoms with Gasteiger partial charge in [0, 0.05) is 4.75 Å². The van der Waals surface area contributed by atoms with Crippen molar-refractivity contribution in [2.75, 3.05) is 13.6 Å². The van der Waals surface area contributed by atoms with E-state index in [-0.39, 0.29) is 31.0 Å². The summed E-state index contributed by atoms with van der Waals surface area (Å²) in [5.41, 5.74) is 6.67. The molecular formula is C21H27N3O7S. The molecule has 32 heavy (non-hydrogen) atoms. The Labute approximate surface area is 190 Å². The van der Waals surface area contributed by atoms with Gasteiger partial charge in [-0.25, -0.2) is 4.79 Å². The van der Waals surface area contributed by atoms with Gasteiger partial charge in [-0.3, -0.25) is 9.59 Å². The van der Waals surface area contributed by atoms with Gasteiger partial charge in [0.2, 0.25) is 18.6 Å². The summed E-state index contributed by atoms with van der Waals surface area (Å²) in [5, 5.41) is 2.35. The third-order valence-electron chi connectivity index (χ3n) is 5.60. The van der Waals surface area contributed by atoms with Crippen LogP contribution in [0.2, 0.25) is 0 Å². The van der Waals surface area contributed by atoms with Crippen molar-refractivity contribution in [1.29, 1.82) is 0 Å². The number of hydrogen-bond donors (Lipinski definition) is 2. The van der Waals surface area contributed by atoms with E-state index in [0.717, 1.165) is 0 Å². The van der Waals surface area contributed by atoms with Crippen LogP contribution in [0.4, 0.5) is 0 Å². The van der Waals surface area contributed by atoms with Gasteiger partial charge in [0.1, 0.15) is 23.5 Å². The number of β-lactam (4-membered cyclic amide) rings is 1. The Morgan fingerprint density at radius 1 is 1.31 bits per heavy atom. The maximum atomic E-state index is 12.9. The van der Waals surface area contributed by atoms with Crippen LogP contribution >= 0.6 is 11.8 Å². The van der Waals surface area contributed by atoms with Gasteiger partial charge in [-0.15, -0.1) is 11.8 Å². The first-order valence-electron chi connectivity index (χ1n) is 10.3. The number of ether oxygens (including phenoxy) is 4. The van der Waals surface area contributed by atoms with Crippen molar-refractivity contribution in [2.24, 2.45) is 5.73 Å². The molecule has 3 N–H and O–H groups in total. The first-order valence-corrected chi connectivity index (χ1v) is 11.2. The number of rotatable bonds is 7. The van der Waals surface area contributed by atoms with E-state index in [1.165, 1.54) is 16.7 Å². The van der Waals surface area contributed by atoms with Gasteiger partial charge in [-0.2, -0.15) is 0 Å². The highest BCUT2D eigenvalue weighted by atomic mass is 32.2. The van der Waals surface area contributed by atoms with E-state index in [0.29, 0.717) is 17.1 Å². The smallest absolute Gasteiger partial charge is 0.332 e. The molecular weight excluding hydrogens is 438 g/mol. The number of thioether (sulfide) groups is 1. The fourth-order valence-corrected chi connectivity index (χ4v) is 5.56. The molecule has 2 amide bonds. The van der Waals surface area contributed by atoms with Crippen molar-refractivity contribution >= 4 is 29.5 Å². The lowest BCUT2D eigenvalue weighted by Gasteiger charge is -2.44. The quantitative estimate of drug-likeness (QED) is 0.342. The van der Waals surface area contributed by atoms with Crippen LogP contribution in [-0.4, -0.2) is 64.6 Å². The molecule has 174 valence electrons. The molecule has 4 rings (SSSR count). The molecule has 3 aliphatic heterocycles. The van der Waals surface area contributed by atoms with Crippen LogP contribution in [0, 0.1) is 0 Å². The number of amides is 2. The summed E-state index contributed by atoms with van der Waals surface area (Å²) < 4.78 is 20.5. The number of esters is 1. The summed E-state index contributed by atoms with van der Waals surface area (Å²) >= 11 is 1.44. The first-order chi connectivity index (χ1) is 15.1. The van der Waals surface area contributed by atoms with Gasteiger partial charge in [0.25, 0.3) is 0 Å². The third-order valence-corrected chi connectivity index (χ3v) is 7.17. The summed E-state index contributed by atoms with van der Waals surface area (Å²) in [6, 6.07) is 2.51. The van der Waals surface area contributed by atoms with E-state index >= 15 is 0 Å². The standard InChI is InChI=1S/C21H27N3O7S/c1-10(2)28-8-31-20(27)16-21(3,4)32-19-15(18(26)24(16)19)23-17(25)14(22)11-5-6-12-13(7-11)30-9-29-12/h5-7,10,14-16,19H,8-9,22H2,1-4H3,(H,23,25)/t14?,15-,16+,19-/m1/s1. The summed E-state index contributed by atoms with van der Waals surface area (Å²) in [5.74, 6) is -0.247. The SMILES string of the molecule is CC(C)OCOC(=O)[C@@H]1N2C(=O)[C@@H](NC(=O)C(N)c3ccc4c(c3)OCO4)[C@H]2SC1(C)C. The molecule has 3 heterocycles. The van der Waals surface area contributed by atoms with E-state index in [2.05, 4.69) is 5.32 Å². The second-order valence-corrected chi connectivity index (χ2v) is 10.4. The highest BCUT2D eigenvalue weighted by molar-refractivity contribution is 8.01. The second kappa shape index (κ2) is 8.45. The average Bonchev–Trinajstić information content (AvgIpc) is 3.30. The van der Waals surface area contributed by atoms with Gasteiger partial charge < -0.3 is 34.9 Å². The van der Waals surface area contributed by atoms with Gasteiger partial charge in [0.15, 0.2) is 18.3 Å². The zero-order chi connectivity index (χ0) is 23.2. The van der Waals surface area contributed by atoms with Crippen LogP contribution < -0.4 is 20.5 Å². The molecule has 1 aromatic carbocycles. The van der Waals surface area contributed by atoms with Crippen LogP contribution in [0.15, 0.2) is 18.2 Å². The molecule has 2 fully saturated rings. The normalized spacial score (nSPS) is 25.9. The number of nitrogens with one attached hydrogen (secondary N) is 1. The van der Waals surface area contributed by atoms with Crippen LogP contribution in [0.3, 0.4) is 0 Å². The maximum Gasteiger partial charge on any atom is 0.332 e. The van der Waals surface area contributed by atoms with Crippen LogP contribution in [0.1, 0.15) is 39.3 Å². The summed E-state index contributed by atoms with van der Waals surface area (Å²) in [4.78, 5) is 39.7. The monoisotopic (exact) mass is 465 g/mol. The summed E-state index contributed by atoms with van der Waals surface area (Å²) in [6.45, 7) is 7.35. The Morgan fingerprint density at radius 2 is 2.03 bits per heavy atom. The van der Waals surface area contributed by atoms with Crippen molar-refractivity contribution in [3.05, 3.63) is 23.8 Å². The Bertz CT molecular complexity index is 938. The summed E-state index contributed by atoms with van der Waals surface area (Å²) in [6.07, 6.45) is -0.0827. The fourth-order valence-electron chi connectivity index (χ4n) is 3.93. The minimum absolute atomic E-state index is 0.0827. The van der Waals surface area contributed by atoms with E-state index < -0.39 is 34.7 Å². The zero-order valence-electron chi connectivity index (χ0n) is 18.3. The Morgan fingerprint density at radius 3 is 2.75 bits per heavy atom. The second-order valence-electron chi connectivity index (χ2n) is 8.63. The molecule has 10 nitrogen and oxygen atoms in total. The molecule has 11 heteroatoms. The Kier molecular flexibility index (Phi) is 5.99. The van der Waals surface area contributed by atoms with Crippen molar-refractivity contribution < 1.29 is 33.3 Å². The average molecular weight is 466 g/mol. The fraction of sp³-hybridized carbons (Fsp3) is 0.571. The molecule has 1 aromatic rings. The maximum absolute atomic E-state index is 12.9. The zero-order valence-corrected chi connectivity index (χ0v) is 19.1. The van der Waals surface area contributed by atoms with Crippen LogP contribution in [-0.2, 0) is 23.9 Å². The largest absolute Gasteiger partial charge is 0.454 e. The number of benzene rings is 1. The van der Waals surface area contributed by atoms with E-state index in [1.807, 2.05) is 27.7 Å². The van der Waals surface area contributed by atoms with E-state index in [1.54, 1.807) is 18.2 Å². The van der Waals surface area contributed by atoms with Crippen LogP contribution in [0.25, 0.3) is 0 Å². The number of carbonyl (C=O) groups is 3. The van der Waals surface area contributed by atoms with Crippen molar-refractivity contribution in [3.63, 3.8) is 0 Å². The highest BCUT2D eigenvalue weighted by Gasteiger charge is 2.64. The third kappa shape index (κ3) is 4.00. The molecule has 0 aliphatic carbocycles. The Hall–Kier alpha value is -2.50. The molecule has 0 spiro atoms. The lowest BCUT2D eigenvalue weighted by Crippen LogP contribution is -2.71. The van der Waals surface area contributed by atoms with Gasteiger partial charge in [0.05, 0.1) is 6.10 Å². The highest BCUT2D eigenvalue weighted by Crippen LogP contribution is 2.51. The van der Waals surface area contributed by atoms with Crippen molar-refractivity contribution in [2.45, 2.75) is 62.0 Å². The molecule has 0 bridgehead atoms. The molecule has 1 unspecified atom stereocenters. The lowest BCUT2D eigenvalue weighted by atomic mass is 9.95. The predicted molar refractivity (Wildman–Crippen MR) is 115 cm³/mol. The molecule has 2 saturated heterocycles. The molecule has 0 saturated carbocycles. The lowest BCUT2D eigenvalue weighted by molar-refractivity contribution is -0.174. The number of nitrogens with two attached hydrogens (primary N) is 1. The Balaban J connectivity index is 1.40. The van der Waals surface area contributed by atoms with Gasteiger partial charge in [-0.05, 0) is 45.4 Å². The van der Waals surface area contributed by atoms with Gasteiger partial charge in [-0.1, -0.05) is 6.07 Å². The minimum Gasteiger partial charge on any atom is -0.454 e. The van der Waals surface area contributed by atoms with E-state index in [9.17, 15) is 14.4 Å². The molecule has 3 aliphatic rings. The van der Waals surface area contributed by atoms with Crippen molar-refractivity contribution in [3.8, 4) is 11.5 Å². The number of fused-ring (bicyclic) bond motifs is 2. The molecule has 4 atom stereocenters. The minimum atomic E-state index is -0.986. The number of hydrogen-bond acceptors (Lipinski definition) is 9. The molecule has 0 radical (unpaired) electrons. The number of nitrogens with zero attached hydrogens (tertiary/aromatic N) is 1. The first kappa shape index (κ1) is 22.7. The van der Waals surface area contributed by atoms with Crippen LogP contribution in [0.5, 0.6) is 11.5 Å². The topological polar surface area (TPSA) is 129 Å².